The normalized spacial score (nSPS) is 15.6. The van der Waals surface area contributed by atoms with Crippen molar-refractivity contribution in [3.63, 3.8) is 0 Å². The maximum absolute atomic E-state index is 13.6. The van der Waals surface area contributed by atoms with E-state index in [-0.39, 0.29) is 12.2 Å². The molecule has 4 rings (SSSR count). The first-order chi connectivity index (χ1) is 16.5. The first-order valence-corrected chi connectivity index (χ1v) is 12.4. The summed E-state index contributed by atoms with van der Waals surface area (Å²) in [5.74, 6) is -0.445. The quantitative estimate of drug-likeness (QED) is 0.490. The first-order valence-electron chi connectivity index (χ1n) is 11.6. The van der Waals surface area contributed by atoms with Crippen molar-refractivity contribution in [2.24, 2.45) is 4.99 Å². The van der Waals surface area contributed by atoms with Gasteiger partial charge in [0, 0.05) is 18.8 Å². The Bertz CT molecular complexity index is 1380. The van der Waals surface area contributed by atoms with Crippen molar-refractivity contribution in [2.45, 2.75) is 33.7 Å². The number of anilines is 1. The number of aromatic nitrogens is 1. The van der Waals surface area contributed by atoms with Crippen molar-refractivity contribution in [3.8, 4) is 0 Å². The lowest BCUT2D eigenvalue weighted by atomic mass is 9.96. The molecule has 2 aromatic carbocycles. The number of nitrogens with zero attached hydrogens (tertiary/aromatic N) is 3. The molecule has 1 aromatic heterocycles. The van der Waals surface area contributed by atoms with Crippen LogP contribution in [0.5, 0.6) is 0 Å². The van der Waals surface area contributed by atoms with Gasteiger partial charge >= 0.3 is 5.97 Å². The van der Waals surface area contributed by atoms with E-state index in [4.69, 9.17) is 4.74 Å². The van der Waals surface area contributed by atoms with Crippen molar-refractivity contribution in [1.29, 1.82) is 0 Å². The standard InChI is InChI=1S/C27H29N3O3S/c1-5-29(6-2)21-15-13-19(14-16-21)17-22-25(31)30-24(20-11-9-8-10-12-20)23(26(32)33-7-3)18(4)28-27(30)34-22/h8-17,24H,5-7H2,1-4H3/b22-17-/t24-/m0/s1. The Hall–Kier alpha value is -3.45. The molecule has 3 aromatic rings. The minimum atomic E-state index is -0.580. The molecule has 2 heterocycles. The Labute approximate surface area is 203 Å². The number of carbonyl (C=O) groups is 1. The van der Waals surface area contributed by atoms with Gasteiger partial charge in [-0.1, -0.05) is 53.8 Å². The van der Waals surface area contributed by atoms with Crippen LogP contribution in [0.2, 0.25) is 0 Å². The second kappa shape index (κ2) is 10.2. The predicted molar refractivity (Wildman–Crippen MR) is 137 cm³/mol. The molecule has 34 heavy (non-hydrogen) atoms. The van der Waals surface area contributed by atoms with Gasteiger partial charge in [-0.05, 0) is 57.0 Å². The number of benzene rings is 2. The second-order valence-corrected chi connectivity index (χ2v) is 8.99. The molecule has 0 bridgehead atoms. The molecule has 7 heteroatoms. The van der Waals surface area contributed by atoms with Crippen LogP contribution < -0.4 is 19.8 Å². The number of esters is 1. The van der Waals surface area contributed by atoms with Gasteiger partial charge in [-0.2, -0.15) is 0 Å². The lowest BCUT2D eigenvalue weighted by Crippen LogP contribution is -2.39. The highest BCUT2D eigenvalue weighted by Crippen LogP contribution is 2.30. The van der Waals surface area contributed by atoms with E-state index in [1.807, 2.05) is 48.5 Å². The van der Waals surface area contributed by atoms with Gasteiger partial charge in [-0.3, -0.25) is 9.36 Å². The van der Waals surface area contributed by atoms with Gasteiger partial charge in [0.1, 0.15) is 0 Å². The van der Waals surface area contributed by atoms with Crippen LogP contribution in [0.25, 0.3) is 6.08 Å². The summed E-state index contributed by atoms with van der Waals surface area (Å²) in [5.41, 5.74) is 3.75. The average molecular weight is 476 g/mol. The maximum atomic E-state index is 13.6. The van der Waals surface area contributed by atoms with Crippen LogP contribution in [0.4, 0.5) is 5.69 Å². The fourth-order valence-corrected chi connectivity index (χ4v) is 5.31. The number of fused-ring (bicyclic) bond motifs is 1. The number of allylic oxidation sites excluding steroid dienone is 1. The fourth-order valence-electron chi connectivity index (χ4n) is 4.26. The zero-order valence-electron chi connectivity index (χ0n) is 19.9. The number of carbonyl (C=O) groups excluding carboxylic acids is 1. The smallest absolute Gasteiger partial charge is 0.338 e. The van der Waals surface area contributed by atoms with Gasteiger partial charge in [0.05, 0.1) is 28.5 Å². The number of hydrogen-bond acceptors (Lipinski definition) is 6. The molecule has 1 aliphatic heterocycles. The van der Waals surface area contributed by atoms with Crippen molar-refractivity contribution < 1.29 is 9.53 Å². The van der Waals surface area contributed by atoms with Crippen molar-refractivity contribution in [2.75, 3.05) is 24.6 Å². The van der Waals surface area contributed by atoms with Gasteiger partial charge < -0.3 is 9.64 Å². The first kappa shape index (κ1) is 23.7. The van der Waals surface area contributed by atoms with Crippen molar-refractivity contribution in [1.82, 2.24) is 4.57 Å². The van der Waals surface area contributed by atoms with Crippen LogP contribution in [-0.2, 0) is 9.53 Å². The van der Waals surface area contributed by atoms with Crippen LogP contribution in [0.3, 0.4) is 0 Å². The molecular weight excluding hydrogens is 446 g/mol. The highest BCUT2D eigenvalue weighted by Gasteiger charge is 2.33. The highest BCUT2D eigenvalue weighted by atomic mass is 32.1. The molecule has 1 aliphatic rings. The molecule has 176 valence electrons. The Balaban J connectivity index is 1.84. The largest absolute Gasteiger partial charge is 0.463 e. The van der Waals surface area contributed by atoms with Gasteiger partial charge in [0.2, 0.25) is 0 Å². The molecule has 0 saturated carbocycles. The predicted octanol–water partition coefficient (Wildman–Crippen LogP) is 3.64. The van der Waals surface area contributed by atoms with Crippen LogP contribution in [0.15, 0.2) is 75.7 Å². The molecule has 0 fully saturated rings. The van der Waals surface area contributed by atoms with E-state index in [1.54, 1.807) is 18.4 Å². The number of thiazole rings is 1. The molecule has 0 spiro atoms. The van der Waals surface area contributed by atoms with Gasteiger partial charge in [0.25, 0.3) is 5.56 Å². The summed E-state index contributed by atoms with van der Waals surface area (Å²) in [6.45, 7) is 9.97. The summed E-state index contributed by atoms with van der Waals surface area (Å²) in [7, 11) is 0. The minimum absolute atomic E-state index is 0.167. The highest BCUT2D eigenvalue weighted by molar-refractivity contribution is 7.07. The molecule has 0 saturated heterocycles. The van der Waals surface area contributed by atoms with E-state index in [2.05, 4.69) is 35.9 Å². The molecule has 0 N–H and O–H groups in total. The molecule has 0 amide bonds. The van der Waals surface area contributed by atoms with Crippen LogP contribution >= 0.6 is 11.3 Å². The Morgan fingerprint density at radius 3 is 2.38 bits per heavy atom. The number of ether oxygens (including phenoxy) is 1. The lowest BCUT2D eigenvalue weighted by molar-refractivity contribution is -0.139. The van der Waals surface area contributed by atoms with Gasteiger partial charge in [-0.25, -0.2) is 9.79 Å². The van der Waals surface area contributed by atoms with E-state index in [1.165, 1.54) is 11.3 Å². The van der Waals surface area contributed by atoms with E-state index < -0.39 is 12.0 Å². The lowest BCUT2D eigenvalue weighted by Gasteiger charge is -2.24. The van der Waals surface area contributed by atoms with Gasteiger partial charge in [0.15, 0.2) is 4.80 Å². The van der Waals surface area contributed by atoms with E-state index in [9.17, 15) is 9.59 Å². The number of hydrogen-bond donors (Lipinski definition) is 0. The average Bonchev–Trinajstić information content (AvgIpc) is 3.15. The molecular formula is C27H29N3O3S. The van der Waals surface area contributed by atoms with Gasteiger partial charge in [-0.15, -0.1) is 0 Å². The number of rotatable bonds is 7. The molecule has 6 nitrogen and oxygen atoms in total. The van der Waals surface area contributed by atoms with Crippen molar-refractivity contribution >= 4 is 29.1 Å². The molecule has 0 unspecified atom stereocenters. The van der Waals surface area contributed by atoms with E-state index in [0.717, 1.165) is 29.9 Å². The third-order valence-corrected chi connectivity index (χ3v) is 6.93. The summed E-state index contributed by atoms with van der Waals surface area (Å²) in [4.78, 5) is 34.0. The zero-order chi connectivity index (χ0) is 24.2. The zero-order valence-corrected chi connectivity index (χ0v) is 20.8. The Kier molecular flexibility index (Phi) is 7.12. The topological polar surface area (TPSA) is 63.9 Å². The van der Waals surface area contributed by atoms with Crippen molar-refractivity contribution in [3.05, 3.63) is 96.7 Å². The Morgan fingerprint density at radius 2 is 1.76 bits per heavy atom. The third kappa shape index (κ3) is 4.48. The molecule has 0 aliphatic carbocycles. The maximum Gasteiger partial charge on any atom is 0.338 e. The summed E-state index contributed by atoms with van der Waals surface area (Å²) in [6.07, 6.45) is 1.89. The van der Waals surface area contributed by atoms with Crippen LogP contribution in [0, 0.1) is 0 Å². The summed E-state index contributed by atoms with van der Waals surface area (Å²) in [6, 6.07) is 17.2. The SMILES string of the molecule is CCOC(=O)C1=C(C)N=c2s/c(=C\c3ccc(N(CC)CC)cc3)c(=O)n2[C@H]1c1ccccc1. The Morgan fingerprint density at radius 1 is 1.09 bits per heavy atom. The summed E-state index contributed by atoms with van der Waals surface area (Å²) < 4.78 is 7.53. The summed E-state index contributed by atoms with van der Waals surface area (Å²) >= 11 is 1.34. The summed E-state index contributed by atoms with van der Waals surface area (Å²) in [5, 5.41) is 0. The third-order valence-electron chi connectivity index (χ3n) is 5.95. The monoisotopic (exact) mass is 475 g/mol. The second-order valence-electron chi connectivity index (χ2n) is 7.98. The van der Waals surface area contributed by atoms with Crippen LogP contribution in [0.1, 0.15) is 44.9 Å². The van der Waals surface area contributed by atoms with Crippen LogP contribution in [-0.4, -0.2) is 30.2 Å². The fraction of sp³-hybridized carbons (Fsp3) is 0.296. The minimum Gasteiger partial charge on any atom is -0.463 e. The van der Waals surface area contributed by atoms with E-state index in [0.29, 0.717) is 20.6 Å². The molecule has 0 radical (unpaired) electrons. The molecule has 1 atom stereocenters. The van der Waals surface area contributed by atoms with E-state index >= 15 is 0 Å².